The van der Waals surface area contributed by atoms with Crippen molar-refractivity contribution in [2.75, 3.05) is 5.75 Å². The summed E-state index contributed by atoms with van der Waals surface area (Å²) in [7, 11) is 0. The molecule has 0 aliphatic carbocycles. The zero-order valence-corrected chi connectivity index (χ0v) is 20.5. The van der Waals surface area contributed by atoms with Gasteiger partial charge in [0.15, 0.2) is 0 Å². The molecule has 6 N–H and O–H groups in total. The first-order chi connectivity index (χ1) is 15.5. The second kappa shape index (κ2) is 13.8. The number of benzene rings is 1. The van der Waals surface area contributed by atoms with Crippen LogP contribution in [0.15, 0.2) is 30.3 Å². The first-order valence-electron chi connectivity index (χ1n) is 11.0. The molecule has 0 spiro atoms. The van der Waals surface area contributed by atoms with Gasteiger partial charge in [0.05, 0.1) is 6.04 Å². The predicted octanol–water partition coefficient (Wildman–Crippen LogP) is 0.727. The van der Waals surface area contributed by atoms with Gasteiger partial charge in [0.25, 0.3) is 0 Å². The Bertz CT molecular complexity index is 803. The number of hydrogen-bond acceptors (Lipinski definition) is 6. The number of amides is 3. The third-order valence-electron chi connectivity index (χ3n) is 5.07. The van der Waals surface area contributed by atoms with Crippen molar-refractivity contribution in [2.45, 2.75) is 64.7 Å². The summed E-state index contributed by atoms with van der Waals surface area (Å²) in [5.74, 6) is -3.01. The average molecular weight is 481 g/mol. The standard InChI is InChI=1S/C23H36N4O5S/c1-13(2)10-17(23(31)32)26-21(29)18(12-33)27-20(28)16(11-15-8-6-5-7-9-15)25-22(30)19(24)14(3)4/h5-9,13-14,16-19,33H,10-12,24H2,1-4H3,(H,25,30)(H,26,29)(H,27,28)(H,31,32). The van der Waals surface area contributed by atoms with Crippen molar-refractivity contribution in [3.05, 3.63) is 35.9 Å². The lowest BCUT2D eigenvalue weighted by Gasteiger charge is -2.25. The van der Waals surface area contributed by atoms with Crippen molar-refractivity contribution < 1.29 is 24.3 Å². The van der Waals surface area contributed by atoms with Crippen LogP contribution in [0.3, 0.4) is 0 Å². The van der Waals surface area contributed by atoms with Gasteiger partial charge in [0, 0.05) is 12.2 Å². The first-order valence-corrected chi connectivity index (χ1v) is 11.6. The molecule has 0 aliphatic heterocycles. The summed E-state index contributed by atoms with van der Waals surface area (Å²) < 4.78 is 0. The van der Waals surface area contributed by atoms with Gasteiger partial charge in [-0.1, -0.05) is 58.0 Å². The topological polar surface area (TPSA) is 151 Å². The Labute approximate surface area is 200 Å². The minimum absolute atomic E-state index is 0.0473. The molecule has 0 aromatic heterocycles. The van der Waals surface area contributed by atoms with Crippen LogP contribution in [0.4, 0.5) is 0 Å². The van der Waals surface area contributed by atoms with E-state index in [9.17, 15) is 24.3 Å². The van der Waals surface area contributed by atoms with Crippen LogP contribution < -0.4 is 21.7 Å². The number of carboxylic acid groups (broad SMARTS) is 1. The number of aliphatic carboxylic acids is 1. The minimum Gasteiger partial charge on any atom is -0.480 e. The zero-order chi connectivity index (χ0) is 25.1. The highest BCUT2D eigenvalue weighted by Crippen LogP contribution is 2.08. The van der Waals surface area contributed by atoms with Crippen molar-refractivity contribution >= 4 is 36.3 Å². The van der Waals surface area contributed by atoms with Gasteiger partial charge in [-0.3, -0.25) is 14.4 Å². The van der Waals surface area contributed by atoms with E-state index in [-0.39, 0.29) is 30.4 Å². The molecule has 0 bridgehead atoms. The number of carbonyl (C=O) groups is 4. The highest BCUT2D eigenvalue weighted by Gasteiger charge is 2.30. The van der Waals surface area contributed by atoms with Gasteiger partial charge in [-0.25, -0.2) is 4.79 Å². The van der Waals surface area contributed by atoms with E-state index in [0.29, 0.717) is 0 Å². The van der Waals surface area contributed by atoms with Crippen LogP contribution in [0.25, 0.3) is 0 Å². The largest absolute Gasteiger partial charge is 0.480 e. The van der Waals surface area contributed by atoms with Crippen molar-refractivity contribution in [1.29, 1.82) is 0 Å². The van der Waals surface area contributed by atoms with E-state index in [1.54, 1.807) is 13.8 Å². The Morgan fingerprint density at radius 2 is 1.39 bits per heavy atom. The van der Waals surface area contributed by atoms with Crippen LogP contribution in [0, 0.1) is 11.8 Å². The smallest absolute Gasteiger partial charge is 0.326 e. The molecule has 4 atom stereocenters. The summed E-state index contributed by atoms with van der Waals surface area (Å²) in [5, 5.41) is 17.1. The Morgan fingerprint density at radius 3 is 1.88 bits per heavy atom. The molecule has 0 radical (unpaired) electrons. The van der Waals surface area contributed by atoms with Crippen LogP contribution in [0.1, 0.15) is 39.7 Å². The van der Waals surface area contributed by atoms with Crippen molar-refractivity contribution in [3.8, 4) is 0 Å². The third-order valence-corrected chi connectivity index (χ3v) is 5.44. The summed E-state index contributed by atoms with van der Waals surface area (Å²) in [5.41, 5.74) is 6.74. The third kappa shape index (κ3) is 9.83. The Balaban J connectivity index is 2.98. The quantitative estimate of drug-likeness (QED) is 0.229. The molecule has 0 heterocycles. The number of nitrogens with one attached hydrogen (secondary N) is 3. The molecular formula is C23H36N4O5S. The Hall–Kier alpha value is -2.59. The lowest BCUT2D eigenvalue weighted by atomic mass is 10.0. The second-order valence-electron chi connectivity index (χ2n) is 8.79. The average Bonchev–Trinajstić information content (AvgIpc) is 2.75. The monoisotopic (exact) mass is 480 g/mol. The molecule has 4 unspecified atom stereocenters. The van der Waals surface area contributed by atoms with Crippen LogP contribution in [-0.4, -0.2) is 58.7 Å². The predicted molar refractivity (Wildman–Crippen MR) is 130 cm³/mol. The summed E-state index contributed by atoms with van der Waals surface area (Å²) in [6.07, 6.45) is 0.434. The summed E-state index contributed by atoms with van der Waals surface area (Å²) in [6.45, 7) is 7.29. The van der Waals surface area contributed by atoms with E-state index >= 15 is 0 Å². The molecule has 0 aliphatic rings. The normalized spacial score (nSPS) is 14.8. The van der Waals surface area contributed by atoms with Gasteiger partial charge >= 0.3 is 5.97 Å². The molecule has 1 aromatic rings. The molecule has 0 fully saturated rings. The van der Waals surface area contributed by atoms with Gasteiger partial charge in [-0.15, -0.1) is 0 Å². The highest BCUT2D eigenvalue weighted by molar-refractivity contribution is 7.80. The van der Waals surface area contributed by atoms with Gasteiger partial charge in [-0.2, -0.15) is 12.6 Å². The number of hydrogen-bond donors (Lipinski definition) is 6. The van der Waals surface area contributed by atoms with Gasteiger partial charge < -0.3 is 26.8 Å². The first kappa shape index (κ1) is 28.4. The molecule has 184 valence electrons. The van der Waals surface area contributed by atoms with Crippen molar-refractivity contribution in [3.63, 3.8) is 0 Å². The maximum absolute atomic E-state index is 13.0. The van der Waals surface area contributed by atoms with Crippen LogP contribution in [0.2, 0.25) is 0 Å². The molecule has 9 nitrogen and oxygen atoms in total. The van der Waals surface area contributed by atoms with Crippen LogP contribution >= 0.6 is 12.6 Å². The number of carboxylic acids is 1. The minimum atomic E-state index is -1.15. The van der Waals surface area contributed by atoms with Gasteiger partial charge in [0.1, 0.15) is 18.1 Å². The lowest BCUT2D eigenvalue weighted by Crippen LogP contribution is -2.58. The number of nitrogens with two attached hydrogens (primary N) is 1. The molecule has 0 saturated carbocycles. The fraction of sp³-hybridized carbons (Fsp3) is 0.565. The zero-order valence-electron chi connectivity index (χ0n) is 19.6. The molecule has 33 heavy (non-hydrogen) atoms. The summed E-state index contributed by atoms with van der Waals surface area (Å²) >= 11 is 4.14. The van der Waals surface area contributed by atoms with E-state index < -0.39 is 47.9 Å². The fourth-order valence-corrected chi connectivity index (χ4v) is 3.32. The molecule has 1 rings (SSSR count). The van der Waals surface area contributed by atoms with E-state index in [2.05, 4.69) is 28.6 Å². The van der Waals surface area contributed by atoms with Gasteiger partial charge in [-0.05, 0) is 23.8 Å². The van der Waals surface area contributed by atoms with Gasteiger partial charge in [0.2, 0.25) is 17.7 Å². The number of thiol groups is 1. The van der Waals surface area contributed by atoms with Crippen molar-refractivity contribution in [2.24, 2.45) is 17.6 Å². The van der Waals surface area contributed by atoms with E-state index in [1.807, 2.05) is 44.2 Å². The summed E-state index contributed by atoms with van der Waals surface area (Å²) in [4.78, 5) is 49.7. The van der Waals surface area contributed by atoms with E-state index in [4.69, 9.17) is 5.73 Å². The molecule has 0 saturated heterocycles. The maximum Gasteiger partial charge on any atom is 0.326 e. The molecule has 1 aromatic carbocycles. The van der Waals surface area contributed by atoms with Crippen molar-refractivity contribution in [1.82, 2.24) is 16.0 Å². The van der Waals surface area contributed by atoms with Crippen LogP contribution in [-0.2, 0) is 25.6 Å². The SMILES string of the molecule is CC(C)CC(NC(=O)C(CS)NC(=O)C(Cc1ccccc1)NC(=O)C(N)C(C)C)C(=O)O. The fourth-order valence-electron chi connectivity index (χ4n) is 3.06. The van der Waals surface area contributed by atoms with Crippen LogP contribution in [0.5, 0.6) is 0 Å². The molecule has 3 amide bonds. The Morgan fingerprint density at radius 1 is 0.879 bits per heavy atom. The second-order valence-corrected chi connectivity index (χ2v) is 9.16. The van der Waals surface area contributed by atoms with E-state index in [1.165, 1.54) is 0 Å². The molecule has 10 heteroatoms. The number of rotatable bonds is 13. The van der Waals surface area contributed by atoms with E-state index in [0.717, 1.165) is 5.56 Å². The lowest BCUT2D eigenvalue weighted by molar-refractivity contribution is -0.142. The highest BCUT2D eigenvalue weighted by atomic mass is 32.1. The number of carbonyl (C=O) groups excluding carboxylic acids is 3. The maximum atomic E-state index is 13.0. The summed E-state index contributed by atoms with van der Waals surface area (Å²) in [6, 6.07) is 5.17. The Kier molecular flexibility index (Phi) is 11.9. The molecular weight excluding hydrogens is 444 g/mol.